The first-order valence-electron chi connectivity index (χ1n) is 9.28. The predicted molar refractivity (Wildman–Crippen MR) is 110 cm³/mol. The summed E-state index contributed by atoms with van der Waals surface area (Å²) in [5.41, 5.74) is 0.806. The van der Waals surface area contributed by atoms with Crippen molar-refractivity contribution in [1.82, 2.24) is 14.2 Å². The summed E-state index contributed by atoms with van der Waals surface area (Å²) in [6, 6.07) is 6.58. The molecule has 31 heavy (non-hydrogen) atoms. The van der Waals surface area contributed by atoms with Gasteiger partial charge < -0.3 is 14.5 Å². The highest BCUT2D eigenvalue weighted by Gasteiger charge is 2.21. The van der Waals surface area contributed by atoms with Gasteiger partial charge in [0.25, 0.3) is 5.91 Å². The number of halogens is 2. The molecule has 0 saturated carbocycles. The summed E-state index contributed by atoms with van der Waals surface area (Å²) in [6.07, 6.45) is 4.54. The van der Waals surface area contributed by atoms with E-state index in [-0.39, 0.29) is 28.3 Å². The zero-order valence-electron chi connectivity index (χ0n) is 16.9. The lowest BCUT2D eigenvalue weighted by Gasteiger charge is -2.10. The van der Waals surface area contributed by atoms with Crippen molar-refractivity contribution >= 4 is 22.9 Å². The van der Waals surface area contributed by atoms with E-state index in [0.29, 0.717) is 16.8 Å². The van der Waals surface area contributed by atoms with Crippen LogP contribution < -0.4 is 10.1 Å². The first-order chi connectivity index (χ1) is 14.8. The van der Waals surface area contributed by atoms with Crippen molar-refractivity contribution in [3.8, 4) is 16.9 Å². The standard InChI is InChI=1S/C22H18F2N4O3/c1-12(29)19-9-17(20-8-15(31-3)4-5-28(19)20)22(30)26-18-7-14(23)6-16(21(18)24)13-10-25-27(2)11-13/h4-11H,1-3H3,(H,26,30). The Labute approximate surface area is 175 Å². The second kappa shape index (κ2) is 7.67. The SMILES string of the molecule is COc1ccn2c(C(C)=O)cc(C(=O)Nc3cc(F)cc(-c4cnn(C)c4)c3F)c2c1. The van der Waals surface area contributed by atoms with Gasteiger partial charge in [0.1, 0.15) is 11.6 Å². The van der Waals surface area contributed by atoms with Gasteiger partial charge in [0.2, 0.25) is 0 Å². The third-order valence-electron chi connectivity index (χ3n) is 4.89. The molecule has 4 aromatic rings. The Morgan fingerprint density at radius 2 is 1.94 bits per heavy atom. The van der Waals surface area contributed by atoms with Crippen LogP contribution in [0.15, 0.2) is 48.9 Å². The van der Waals surface area contributed by atoms with Gasteiger partial charge in [-0.05, 0) is 18.2 Å². The van der Waals surface area contributed by atoms with E-state index in [9.17, 15) is 14.0 Å². The highest BCUT2D eigenvalue weighted by molar-refractivity contribution is 6.11. The third kappa shape index (κ3) is 3.65. The number of pyridine rings is 1. The molecule has 7 nitrogen and oxygen atoms in total. The van der Waals surface area contributed by atoms with E-state index >= 15 is 4.39 Å². The Morgan fingerprint density at radius 3 is 2.58 bits per heavy atom. The molecular formula is C22H18F2N4O3. The Kier molecular flexibility index (Phi) is 5.02. The molecule has 0 aliphatic rings. The number of Topliss-reactive ketones (excluding diaryl/α,β-unsaturated/α-hetero) is 1. The van der Waals surface area contributed by atoms with E-state index in [1.54, 1.807) is 29.8 Å². The smallest absolute Gasteiger partial charge is 0.257 e. The Balaban J connectivity index is 1.78. The molecule has 1 aromatic carbocycles. The monoisotopic (exact) mass is 424 g/mol. The number of aryl methyl sites for hydroxylation is 1. The number of nitrogens with zero attached hydrogens (tertiary/aromatic N) is 3. The van der Waals surface area contributed by atoms with E-state index in [4.69, 9.17) is 4.74 Å². The summed E-state index contributed by atoms with van der Waals surface area (Å²) in [4.78, 5) is 25.0. The van der Waals surface area contributed by atoms with Gasteiger partial charge in [0, 0.05) is 49.6 Å². The summed E-state index contributed by atoms with van der Waals surface area (Å²) in [5.74, 6) is -1.99. The number of fused-ring (bicyclic) bond motifs is 1. The van der Waals surface area contributed by atoms with Gasteiger partial charge in [0.05, 0.1) is 35.8 Å². The molecule has 0 bridgehead atoms. The number of methoxy groups -OCH3 is 1. The van der Waals surface area contributed by atoms with Crippen LogP contribution in [0.1, 0.15) is 27.8 Å². The van der Waals surface area contributed by atoms with Crippen LogP contribution in [0.25, 0.3) is 16.6 Å². The van der Waals surface area contributed by atoms with Crippen molar-refractivity contribution < 1.29 is 23.1 Å². The number of amides is 1. The molecule has 158 valence electrons. The molecule has 1 amide bonds. The lowest BCUT2D eigenvalue weighted by atomic mass is 10.1. The van der Waals surface area contributed by atoms with Crippen LogP contribution in [0.3, 0.4) is 0 Å². The van der Waals surface area contributed by atoms with Crippen LogP contribution in [-0.4, -0.2) is 33.0 Å². The fraction of sp³-hybridized carbons (Fsp3) is 0.136. The molecule has 1 N–H and O–H groups in total. The van der Waals surface area contributed by atoms with Crippen LogP contribution in [0.2, 0.25) is 0 Å². The number of ether oxygens (including phenoxy) is 1. The summed E-state index contributed by atoms with van der Waals surface area (Å²) < 4.78 is 37.5. The summed E-state index contributed by atoms with van der Waals surface area (Å²) >= 11 is 0. The van der Waals surface area contributed by atoms with Gasteiger partial charge in [0.15, 0.2) is 11.6 Å². The highest BCUT2D eigenvalue weighted by Crippen LogP contribution is 2.30. The molecule has 0 saturated heterocycles. The Morgan fingerprint density at radius 1 is 1.16 bits per heavy atom. The quantitative estimate of drug-likeness (QED) is 0.490. The maximum Gasteiger partial charge on any atom is 0.257 e. The Hall–Kier alpha value is -4.01. The molecule has 9 heteroatoms. The molecule has 0 unspecified atom stereocenters. The second-order valence-corrected chi connectivity index (χ2v) is 6.99. The van der Waals surface area contributed by atoms with Gasteiger partial charge in [-0.15, -0.1) is 0 Å². The minimum Gasteiger partial charge on any atom is -0.497 e. The van der Waals surface area contributed by atoms with Gasteiger partial charge in [-0.3, -0.25) is 14.3 Å². The van der Waals surface area contributed by atoms with Crippen LogP contribution in [0.5, 0.6) is 5.75 Å². The van der Waals surface area contributed by atoms with Crippen molar-refractivity contribution in [2.24, 2.45) is 7.05 Å². The minimum atomic E-state index is -0.796. The lowest BCUT2D eigenvalue weighted by Crippen LogP contribution is -2.13. The number of anilines is 1. The summed E-state index contributed by atoms with van der Waals surface area (Å²) in [5, 5.41) is 6.38. The van der Waals surface area contributed by atoms with Gasteiger partial charge >= 0.3 is 0 Å². The van der Waals surface area contributed by atoms with Crippen molar-refractivity contribution in [3.63, 3.8) is 0 Å². The van der Waals surface area contributed by atoms with E-state index in [1.807, 2.05) is 0 Å². The zero-order chi connectivity index (χ0) is 22.3. The first-order valence-corrected chi connectivity index (χ1v) is 9.28. The van der Waals surface area contributed by atoms with E-state index in [1.165, 1.54) is 37.2 Å². The minimum absolute atomic E-state index is 0.0313. The van der Waals surface area contributed by atoms with E-state index < -0.39 is 17.5 Å². The predicted octanol–water partition coefficient (Wildman–Crippen LogP) is 4.08. The third-order valence-corrected chi connectivity index (χ3v) is 4.89. The summed E-state index contributed by atoms with van der Waals surface area (Å²) in [7, 11) is 3.13. The average Bonchev–Trinajstić information content (AvgIpc) is 3.33. The van der Waals surface area contributed by atoms with Crippen molar-refractivity contribution in [1.29, 1.82) is 0 Å². The van der Waals surface area contributed by atoms with Crippen molar-refractivity contribution in [2.45, 2.75) is 6.92 Å². The van der Waals surface area contributed by atoms with Crippen molar-refractivity contribution in [2.75, 3.05) is 12.4 Å². The van der Waals surface area contributed by atoms with Gasteiger partial charge in [-0.25, -0.2) is 8.78 Å². The van der Waals surface area contributed by atoms with Crippen LogP contribution in [-0.2, 0) is 7.05 Å². The van der Waals surface area contributed by atoms with Crippen LogP contribution >= 0.6 is 0 Å². The molecule has 4 rings (SSSR count). The normalized spacial score (nSPS) is 11.0. The van der Waals surface area contributed by atoms with Crippen molar-refractivity contribution in [3.05, 3.63) is 71.8 Å². The molecule has 0 spiro atoms. The molecule has 0 aliphatic carbocycles. The molecule has 3 heterocycles. The zero-order valence-corrected chi connectivity index (χ0v) is 16.9. The number of carbonyl (C=O) groups excluding carboxylic acids is 2. The van der Waals surface area contributed by atoms with Crippen LogP contribution in [0.4, 0.5) is 14.5 Å². The lowest BCUT2D eigenvalue weighted by molar-refractivity contribution is 0.101. The number of nitrogens with one attached hydrogen (secondary N) is 1. The Bertz CT molecular complexity index is 1340. The molecule has 0 fully saturated rings. The maximum absolute atomic E-state index is 15.1. The number of rotatable bonds is 5. The van der Waals surface area contributed by atoms with Gasteiger partial charge in [-0.1, -0.05) is 0 Å². The second-order valence-electron chi connectivity index (χ2n) is 6.99. The van der Waals surface area contributed by atoms with Crippen LogP contribution in [0, 0.1) is 11.6 Å². The molecule has 3 aromatic heterocycles. The number of ketones is 1. The largest absolute Gasteiger partial charge is 0.497 e. The summed E-state index contributed by atoms with van der Waals surface area (Å²) in [6.45, 7) is 1.38. The number of hydrogen-bond donors (Lipinski definition) is 1. The average molecular weight is 424 g/mol. The molecule has 0 radical (unpaired) electrons. The fourth-order valence-electron chi connectivity index (χ4n) is 3.40. The van der Waals surface area contributed by atoms with E-state index in [2.05, 4.69) is 10.4 Å². The van der Waals surface area contributed by atoms with E-state index in [0.717, 1.165) is 12.1 Å². The highest BCUT2D eigenvalue weighted by atomic mass is 19.1. The number of carbonyl (C=O) groups is 2. The topological polar surface area (TPSA) is 77.6 Å². The van der Waals surface area contributed by atoms with Gasteiger partial charge in [-0.2, -0.15) is 5.10 Å². The maximum atomic E-state index is 15.1. The number of hydrogen-bond acceptors (Lipinski definition) is 4. The number of benzene rings is 1. The molecular weight excluding hydrogens is 406 g/mol. The first kappa shape index (κ1) is 20.3. The molecule has 0 aliphatic heterocycles. The number of aromatic nitrogens is 3. The molecule has 0 atom stereocenters. The fourth-order valence-corrected chi connectivity index (χ4v) is 3.40.